The highest BCUT2D eigenvalue weighted by atomic mass is 32.2. The molecule has 2 rings (SSSR count). The van der Waals surface area contributed by atoms with Crippen molar-refractivity contribution < 1.29 is 17.3 Å². The van der Waals surface area contributed by atoms with Crippen LogP contribution in [0.2, 0.25) is 0 Å². The first-order chi connectivity index (χ1) is 8.79. The number of nitrogen functional groups attached to an aromatic ring is 1. The molecule has 2 aromatic rings. The summed E-state index contributed by atoms with van der Waals surface area (Å²) in [5.41, 5.74) is 6.56. The summed E-state index contributed by atoms with van der Waals surface area (Å²) in [6, 6.07) is 3.06. The van der Waals surface area contributed by atoms with Gasteiger partial charge in [0.05, 0.1) is 10.6 Å². The van der Waals surface area contributed by atoms with Crippen LogP contribution in [0.3, 0.4) is 0 Å². The maximum atomic E-state index is 13.2. The van der Waals surface area contributed by atoms with Gasteiger partial charge < -0.3 is 10.3 Å². The Morgan fingerprint density at radius 2 is 2.00 bits per heavy atom. The Balaban J connectivity index is 2.40. The Kier molecular flexibility index (Phi) is 3.19. The lowest BCUT2D eigenvalue weighted by Crippen LogP contribution is -2.13. The highest BCUT2D eigenvalue weighted by Gasteiger charge is 2.20. The minimum Gasteiger partial charge on any atom is -0.399 e. The van der Waals surface area contributed by atoms with E-state index >= 15 is 0 Å². The molecule has 1 heterocycles. The maximum Gasteiger partial charge on any atom is 0.264 e. The zero-order valence-corrected chi connectivity index (χ0v) is 11.1. The summed E-state index contributed by atoms with van der Waals surface area (Å²) in [5.74, 6) is -0.730. The van der Waals surface area contributed by atoms with Crippen LogP contribution in [-0.4, -0.2) is 13.6 Å². The number of benzene rings is 1. The van der Waals surface area contributed by atoms with E-state index < -0.39 is 15.8 Å². The van der Waals surface area contributed by atoms with Crippen molar-refractivity contribution in [1.82, 2.24) is 5.16 Å². The van der Waals surface area contributed by atoms with Gasteiger partial charge in [0.25, 0.3) is 10.0 Å². The van der Waals surface area contributed by atoms with Crippen molar-refractivity contribution in [3.8, 4) is 0 Å². The fraction of sp³-hybridized carbons (Fsp3) is 0.182. The van der Waals surface area contributed by atoms with Crippen molar-refractivity contribution in [3.63, 3.8) is 0 Å². The summed E-state index contributed by atoms with van der Waals surface area (Å²) < 4.78 is 44.3. The van der Waals surface area contributed by atoms with Gasteiger partial charge in [0.15, 0.2) is 0 Å². The molecule has 1 aromatic carbocycles. The molecular formula is C11H12FN3O3S. The highest BCUT2D eigenvalue weighted by Crippen LogP contribution is 2.23. The molecule has 0 atom stereocenters. The van der Waals surface area contributed by atoms with E-state index in [1.807, 2.05) is 0 Å². The number of nitrogens with one attached hydrogen (secondary N) is 1. The molecule has 0 aliphatic carbocycles. The van der Waals surface area contributed by atoms with Crippen LogP contribution in [0.25, 0.3) is 0 Å². The van der Waals surface area contributed by atoms with E-state index in [0.29, 0.717) is 11.3 Å². The van der Waals surface area contributed by atoms with E-state index in [2.05, 4.69) is 9.88 Å². The summed E-state index contributed by atoms with van der Waals surface area (Å²) in [6.45, 7) is 3.33. The van der Waals surface area contributed by atoms with Gasteiger partial charge in [-0.1, -0.05) is 5.16 Å². The van der Waals surface area contributed by atoms with Crippen LogP contribution >= 0.6 is 0 Å². The Morgan fingerprint density at radius 1 is 1.32 bits per heavy atom. The number of anilines is 2. The van der Waals surface area contributed by atoms with Gasteiger partial charge in [-0.25, -0.2) is 17.5 Å². The van der Waals surface area contributed by atoms with Gasteiger partial charge in [0.1, 0.15) is 5.82 Å². The summed E-state index contributed by atoms with van der Waals surface area (Å²) in [7, 11) is -3.97. The summed E-state index contributed by atoms with van der Waals surface area (Å²) in [4.78, 5) is -0.279. The average molecular weight is 285 g/mol. The summed E-state index contributed by atoms with van der Waals surface area (Å²) in [6.07, 6.45) is 0. The number of hydrogen-bond donors (Lipinski definition) is 2. The van der Waals surface area contributed by atoms with Crippen LogP contribution in [0, 0.1) is 19.7 Å². The lowest BCUT2D eigenvalue weighted by molar-refractivity contribution is 0.430. The number of hydrogen-bond acceptors (Lipinski definition) is 5. The van der Waals surface area contributed by atoms with Crippen LogP contribution in [-0.2, 0) is 10.0 Å². The Morgan fingerprint density at radius 3 is 2.53 bits per heavy atom. The van der Waals surface area contributed by atoms with Crippen LogP contribution in [0.15, 0.2) is 27.6 Å². The number of rotatable bonds is 3. The molecule has 19 heavy (non-hydrogen) atoms. The van der Waals surface area contributed by atoms with E-state index in [-0.39, 0.29) is 16.5 Å². The standard InChI is InChI=1S/C11H12FN3O3S/c1-6-7(2)14-18-11(6)15-19(16,17)10-4-8(12)3-9(13)5-10/h3-5,15H,13H2,1-2H3. The third-order valence-electron chi connectivity index (χ3n) is 2.59. The lowest BCUT2D eigenvalue weighted by atomic mass is 10.3. The van der Waals surface area contributed by atoms with Gasteiger partial charge in [0, 0.05) is 11.3 Å². The molecule has 6 nitrogen and oxygen atoms in total. The topological polar surface area (TPSA) is 98.2 Å². The molecular weight excluding hydrogens is 273 g/mol. The quantitative estimate of drug-likeness (QED) is 0.838. The fourth-order valence-corrected chi connectivity index (χ4v) is 2.54. The van der Waals surface area contributed by atoms with Crippen molar-refractivity contribution in [2.24, 2.45) is 0 Å². The van der Waals surface area contributed by atoms with Gasteiger partial charge in [-0.3, -0.25) is 0 Å². The number of halogens is 1. The first-order valence-corrected chi connectivity index (χ1v) is 6.79. The second-order valence-corrected chi connectivity index (χ2v) is 5.73. The van der Waals surface area contributed by atoms with E-state index in [9.17, 15) is 12.8 Å². The fourth-order valence-electron chi connectivity index (χ4n) is 1.43. The second-order valence-electron chi connectivity index (χ2n) is 4.05. The minimum atomic E-state index is -3.97. The largest absolute Gasteiger partial charge is 0.399 e. The maximum absolute atomic E-state index is 13.2. The summed E-state index contributed by atoms with van der Waals surface area (Å²) >= 11 is 0. The SMILES string of the molecule is Cc1noc(NS(=O)(=O)c2cc(N)cc(F)c2)c1C. The zero-order valence-electron chi connectivity index (χ0n) is 10.3. The van der Waals surface area contributed by atoms with E-state index in [0.717, 1.165) is 18.2 Å². The van der Waals surface area contributed by atoms with Crippen molar-refractivity contribution in [2.45, 2.75) is 18.7 Å². The number of nitrogens with two attached hydrogens (primary N) is 1. The third kappa shape index (κ3) is 2.68. The smallest absolute Gasteiger partial charge is 0.264 e. The third-order valence-corrected chi connectivity index (χ3v) is 3.90. The Bertz CT molecular complexity index is 705. The van der Waals surface area contributed by atoms with Crippen molar-refractivity contribution in [3.05, 3.63) is 35.3 Å². The first kappa shape index (κ1) is 13.3. The monoisotopic (exact) mass is 285 g/mol. The molecule has 0 aliphatic heterocycles. The molecule has 0 bridgehead atoms. The van der Waals surface area contributed by atoms with Crippen molar-refractivity contribution in [2.75, 3.05) is 10.5 Å². The van der Waals surface area contributed by atoms with Crippen LogP contribution in [0.5, 0.6) is 0 Å². The molecule has 0 saturated heterocycles. The Hall–Kier alpha value is -2.09. The predicted octanol–water partition coefficient (Wildman–Crippen LogP) is 1.81. The van der Waals surface area contributed by atoms with E-state index in [1.165, 1.54) is 0 Å². The highest BCUT2D eigenvalue weighted by molar-refractivity contribution is 7.92. The zero-order chi connectivity index (χ0) is 14.2. The van der Waals surface area contributed by atoms with Crippen LogP contribution in [0.1, 0.15) is 11.3 Å². The van der Waals surface area contributed by atoms with E-state index in [1.54, 1.807) is 13.8 Å². The minimum absolute atomic E-state index is 0.000308. The number of nitrogens with zero attached hydrogens (tertiary/aromatic N) is 1. The lowest BCUT2D eigenvalue weighted by Gasteiger charge is -2.06. The van der Waals surface area contributed by atoms with E-state index in [4.69, 9.17) is 10.3 Å². The summed E-state index contributed by atoms with van der Waals surface area (Å²) in [5, 5.41) is 3.63. The molecule has 0 unspecified atom stereocenters. The molecule has 0 fully saturated rings. The molecule has 0 saturated carbocycles. The van der Waals surface area contributed by atoms with Gasteiger partial charge in [0.2, 0.25) is 5.88 Å². The number of aryl methyl sites for hydroxylation is 1. The molecule has 3 N–H and O–H groups in total. The van der Waals surface area contributed by atoms with Crippen molar-refractivity contribution in [1.29, 1.82) is 0 Å². The van der Waals surface area contributed by atoms with Crippen molar-refractivity contribution >= 4 is 21.6 Å². The predicted molar refractivity (Wildman–Crippen MR) is 67.6 cm³/mol. The van der Waals surface area contributed by atoms with Gasteiger partial charge >= 0.3 is 0 Å². The number of sulfonamides is 1. The number of aromatic nitrogens is 1. The normalized spacial score (nSPS) is 11.5. The van der Waals surface area contributed by atoms with Gasteiger partial charge in [-0.2, -0.15) is 0 Å². The van der Waals surface area contributed by atoms with Gasteiger partial charge in [-0.15, -0.1) is 0 Å². The van der Waals surface area contributed by atoms with Gasteiger partial charge in [-0.05, 0) is 32.0 Å². The molecule has 102 valence electrons. The molecule has 1 aromatic heterocycles. The molecule has 0 amide bonds. The second kappa shape index (κ2) is 4.54. The molecule has 0 aliphatic rings. The van der Waals surface area contributed by atoms with Crippen LogP contribution < -0.4 is 10.5 Å². The van der Waals surface area contributed by atoms with Crippen LogP contribution in [0.4, 0.5) is 16.0 Å². The molecule has 8 heteroatoms. The average Bonchev–Trinajstić information content (AvgIpc) is 2.59. The molecule has 0 radical (unpaired) electrons. The Labute approximate surface area is 109 Å². The molecule has 0 spiro atoms. The first-order valence-electron chi connectivity index (χ1n) is 5.31.